The summed E-state index contributed by atoms with van der Waals surface area (Å²) in [5, 5.41) is 69.4. The van der Waals surface area contributed by atoms with Gasteiger partial charge in [-0.25, -0.2) is 0 Å². The highest BCUT2D eigenvalue weighted by Gasteiger charge is 2.51. The van der Waals surface area contributed by atoms with Crippen molar-refractivity contribution >= 4 is 0 Å². The Morgan fingerprint density at radius 1 is 0.791 bits per heavy atom. The van der Waals surface area contributed by atoms with Crippen molar-refractivity contribution in [2.75, 3.05) is 32.8 Å². The fourth-order valence-corrected chi connectivity index (χ4v) is 6.38. The van der Waals surface area contributed by atoms with Crippen LogP contribution in [0.15, 0.2) is 0 Å². The lowest BCUT2D eigenvalue weighted by Gasteiger charge is -2.49. The largest absolute Gasteiger partial charge is 0.394 e. The van der Waals surface area contributed by atoms with Crippen LogP contribution >= 0.6 is 0 Å². The molecule has 0 aromatic carbocycles. The summed E-state index contributed by atoms with van der Waals surface area (Å²) in [5.41, 5.74) is 29.8. The second kappa shape index (κ2) is 15.7. The van der Waals surface area contributed by atoms with Crippen LogP contribution in [0.3, 0.4) is 0 Å². The highest BCUT2D eigenvalue weighted by Crippen LogP contribution is 2.32. The number of ether oxygens (including phenoxy) is 4. The normalized spacial score (nSPS) is 48.1. The zero-order chi connectivity index (χ0) is 31.4. The molecule has 2 heterocycles. The quantitative estimate of drug-likeness (QED) is 0.0906. The van der Waals surface area contributed by atoms with E-state index in [0.717, 1.165) is 12.8 Å². The molecule has 0 radical (unpaired) electrons. The van der Waals surface area contributed by atoms with Crippen molar-refractivity contribution in [3.8, 4) is 0 Å². The molecule has 1 unspecified atom stereocenters. The smallest absolute Gasteiger partial charge is 0.186 e. The van der Waals surface area contributed by atoms with Gasteiger partial charge in [-0.2, -0.15) is 0 Å². The Kier molecular flexibility index (Phi) is 12.9. The molecule has 17 nitrogen and oxygen atoms in total. The van der Waals surface area contributed by atoms with Gasteiger partial charge in [0.1, 0.15) is 36.6 Å². The molecule has 0 spiro atoms. The Morgan fingerprint density at radius 2 is 1.47 bits per heavy atom. The summed E-state index contributed by atoms with van der Waals surface area (Å²) in [5.74, 6) is 0.394. The topological polar surface area (TPSA) is 312 Å². The van der Waals surface area contributed by atoms with E-state index in [4.69, 9.17) is 47.6 Å². The fraction of sp³-hybridized carbons (Fsp3) is 1.00. The van der Waals surface area contributed by atoms with Gasteiger partial charge in [0, 0.05) is 37.8 Å². The van der Waals surface area contributed by atoms with E-state index in [2.05, 4.69) is 10.6 Å². The minimum absolute atomic E-state index is 0.00464. The van der Waals surface area contributed by atoms with Gasteiger partial charge >= 0.3 is 0 Å². The number of aliphatic hydroxyl groups excluding tert-OH is 6. The lowest BCUT2D eigenvalue weighted by atomic mass is 9.80. The third-order valence-electron chi connectivity index (χ3n) is 9.16. The number of nitrogens with two attached hydrogens (primary N) is 5. The SMILES string of the molecule is NCC(O)CN[C@@H]1C[C@H](N)[C@@H](O[C@H]2O[C@H](CN)[C@@H](O)C[C@H]2NCC2CC(N)C2)[C@H](O)[C@H]1O[C@H]1O[C@H](CO)[C@@H](O)[C@H](N)[C@H]1O. The molecular formula is C26H53N7O10. The standard InChI is InChI=1S/C26H53N7O10/c27-5-12(35)8-33-14-3-13(30)23(22(39)24(14)43-26-21(38)19(31)20(37)18(9-34)41-26)42-25-15(4-16(36)17(6-28)40-25)32-7-10-1-11(29)2-10/h10-26,32-39H,1-9,27-31H2/t10?,11?,12?,13-,14+,15+,16-,17+,18+,19-,20+,21+,22-,23+,24-,25+,26+/m0/s1. The minimum Gasteiger partial charge on any atom is -0.394 e. The summed E-state index contributed by atoms with van der Waals surface area (Å²) in [7, 11) is 0. The zero-order valence-corrected chi connectivity index (χ0v) is 24.4. The number of hydrogen-bond donors (Lipinski definition) is 13. The first kappa shape index (κ1) is 35.2. The Hall–Kier alpha value is -0.680. The molecule has 0 amide bonds. The maximum atomic E-state index is 11.6. The zero-order valence-electron chi connectivity index (χ0n) is 24.4. The fourth-order valence-electron chi connectivity index (χ4n) is 6.38. The van der Waals surface area contributed by atoms with E-state index >= 15 is 0 Å². The van der Waals surface area contributed by atoms with E-state index < -0.39 is 98.3 Å². The predicted molar refractivity (Wildman–Crippen MR) is 152 cm³/mol. The van der Waals surface area contributed by atoms with E-state index in [-0.39, 0.29) is 32.1 Å². The molecule has 2 saturated heterocycles. The van der Waals surface area contributed by atoms with Gasteiger partial charge in [-0.1, -0.05) is 0 Å². The van der Waals surface area contributed by atoms with Gasteiger partial charge in [-0.3, -0.25) is 0 Å². The third kappa shape index (κ3) is 8.38. The van der Waals surface area contributed by atoms with Crippen LogP contribution < -0.4 is 39.3 Å². The predicted octanol–water partition coefficient (Wildman–Crippen LogP) is -6.98. The second-order valence-electron chi connectivity index (χ2n) is 12.5. The first-order chi connectivity index (χ1) is 20.5. The second-order valence-corrected chi connectivity index (χ2v) is 12.5. The summed E-state index contributed by atoms with van der Waals surface area (Å²) in [4.78, 5) is 0. The summed E-state index contributed by atoms with van der Waals surface area (Å²) >= 11 is 0. The third-order valence-corrected chi connectivity index (χ3v) is 9.16. The molecule has 2 saturated carbocycles. The van der Waals surface area contributed by atoms with Crippen LogP contribution in [0.2, 0.25) is 0 Å². The van der Waals surface area contributed by atoms with E-state index in [1.807, 2.05) is 0 Å². The van der Waals surface area contributed by atoms with Gasteiger partial charge in [-0.15, -0.1) is 0 Å². The van der Waals surface area contributed by atoms with Crippen molar-refractivity contribution in [3.05, 3.63) is 0 Å². The van der Waals surface area contributed by atoms with Gasteiger partial charge in [0.25, 0.3) is 0 Å². The van der Waals surface area contributed by atoms with Gasteiger partial charge < -0.3 is 88.9 Å². The van der Waals surface area contributed by atoms with E-state index in [0.29, 0.717) is 18.9 Å². The average molecular weight is 624 g/mol. The van der Waals surface area contributed by atoms with E-state index in [9.17, 15) is 30.6 Å². The maximum absolute atomic E-state index is 11.6. The van der Waals surface area contributed by atoms with Crippen LogP contribution in [0, 0.1) is 5.92 Å². The molecule has 4 fully saturated rings. The maximum Gasteiger partial charge on any atom is 0.186 e. The Labute approximate surface area is 251 Å². The van der Waals surface area contributed by atoms with Crippen molar-refractivity contribution in [1.29, 1.82) is 0 Å². The Bertz CT molecular complexity index is 848. The van der Waals surface area contributed by atoms with Crippen molar-refractivity contribution in [2.45, 2.75) is 123 Å². The van der Waals surface area contributed by atoms with Crippen LogP contribution in [-0.2, 0) is 18.9 Å². The molecule has 2 aliphatic heterocycles. The number of hydrogen-bond acceptors (Lipinski definition) is 17. The molecule has 0 aromatic rings. The van der Waals surface area contributed by atoms with Crippen LogP contribution in [0.25, 0.3) is 0 Å². The molecule has 4 aliphatic rings. The molecule has 0 bridgehead atoms. The summed E-state index contributed by atoms with van der Waals surface area (Å²) in [6, 6.07) is -2.82. The molecular weight excluding hydrogens is 570 g/mol. The Morgan fingerprint density at radius 3 is 2.09 bits per heavy atom. The van der Waals surface area contributed by atoms with Crippen LogP contribution in [0.1, 0.15) is 25.7 Å². The number of nitrogens with one attached hydrogen (secondary N) is 2. The van der Waals surface area contributed by atoms with Crippen LogP contribution in [-0.4, -0.2) is 161 Å². The van der Waals surface area contributed by atoms with Crippen molar-refractivity contribution in [2.24, 2.45) is 34.6 Å². The highest BCUT2D eigenvalue weighted by atomic mass is 16.7. The van der Waals surface area contributed by atoms with Gasteiger partial charge in [0.2, 0.25) is 0 Å². The highest BCUT2D eigenvalue weighted by molar-refractivity contribution is 5.02. The minimum atomic E-state index is -1.49. The summed E-state index contributed by atoms with van der Waals surface area (Å²) in [6.07, 6.45) is -9.94. The van der Waals surface area contributed by atoms with Crippen LogP contribution in [0.5, 0.6) is 0 Å². The molecule has 18 N–H and O–H groups in total. The van der Waals surface area contributed by atoms with Gasteiger partial charge in [0.15, 0.2) is 12.6 Å². The molecule has 2 aliphatic carbocycles. The molecule has 43 heavy (non-hydrogen) atoms. The van der Waals surface area contributed by atoms with E-state index in [1.54, 1.807) is 0 Å². The number of rotatable bonds is 13. The van der Waals surface area contributed by atoms with Gasteiger partial charge in [0.05, 0.1) is 37.0 Å². The Balaban J connectivity index is 1.51. The lowest BCUT2D eigenvalue weighted by Crippen LogP contribution is -2.69. The number of aliphatic hydroxyl groups is 6. The monoisotopic (exact) mass is 623 g/mol. The first-order valence-electron chi connectivity index (χ1n) is 15.2. The average Bonchev–Trinajstić information content (AvgIpc) is 2.97. The summed E-state index contributed by atoms with van der Waals surface area (Å²) in [6.45, 7) is 0.188. The molecule has 252 valence electrons. The molecule has 17 heteroatoms. The molecule has 0 aromatic heterocycles. The molecule has 15 atom stereocenters. The van der Waals surface area contributed by atoms with Crippen molar-refractivity contribution in [3.63, 3.8) is 0 Å². The van der Waals surface area contributed by atoms with Gasteiger partial charge in [-0.05, 0) is 38.1 Å². The van der Waals surface area contributed by atoms with Crippen molar-refractivity contribution < 1.29 is 49.6 Å². The van der Waals surface area contributed by atoms with Crippen molar-refractivity contribution in [1.82, 2.24) is 10.6 Å². The molecule has 4 rings (SSSR count). The first-order valence-corrected chi connectivity index (χ1v) is 15.2. The van der Waals surface area contributed by atoms with E-state index in [1.165, 1.54) is 0 Å². The summed E-state index contributed by atoms with van der Waals surface area (Å²) < 4.78 is 24.1. The van der Waals surface area contributed by atoms with Crippen LogP contribution in [0.4, 0.5) is 0 Å². The lowest BCUT2D eigenvalue weighted by molar-refractivity contribution is -0.316.